The zero-order valence-electron chi connectivity index (χ0n) is 11.7. The molecule has 102 valence electrons. The first-order valence-corrected chi connectivity index (χ1v) is 6.39. The Bertz CT molecular complexity index is 489. The third-order valence-electron chi connectivity index (χ3n) is 3.10. The van der Waals surface area contributed by atoms with Crippen molar-refractivity contribution in [3.05, 3.63) is 29.3 Å². The van der Waals surface area contributed by atoms with E-state index in [1.54, 1.807) is 18.2 Å². The summed E-state index contributed by atoms with van der Waals surface area (Å²) < 4.78 is 0. The molecule has 0 bridgehead atoms. The van der Waals surface area contributed by atoms with Gasteiger partial charge in [0.2, 0.25) is 0 Å². The van der Waals surface area contributed by atoms with Crippen LogP contribution in [-0.4, -0.2) is 28.4 Å². The van der Waals surface area contributed by atoms with Crippen molar-refractivity contribution < 1.29 is 9.90 Å². The lowest BCUT2D eigenvalue weighted by molar-refractivity contribution is 0.101. The van der Waals surface area contributed by atoms with Crippen LogP contribution in [-0.2, 0) is 6.54 Å². The number of nitrogens with zero attached hydrogens (tertiary/aromatic N) is 2. The molecule has 0 amide bonds. The minimum atomic E-state index is -0.0191. The molecule has 19 heavy (non-hydrogen) atoms. The standard InChI is InChI=1S/C15H20N2O2/c1-11(2)17(8-4-7-16)10-14-9-13(12(3)18)5-6-15(14)19/h5-6,9,11,19H,4,8,10H2,1-3H3. The Hall–Kier alpha value is -1.86. The topological polar surface area (TPSA) is 64.3 Å². The molecule has 1 aromatic rings. The molecule has 0 aromatic heterocycles. The third-order valence-corrected chi connectivity index (χ3v) is 3.10. The molecule has 0 radical (unpaired) electrons. The zero-order chi connectivity index (χ0) is 14.4. The predicted molar refractivity (Wildman–Crippen MR) is 73.9 cm³/mol. The van der Waals surface area contributed by atoms with Gasteiger partial charge in [0.25, 0.3) is 0 Å². The Kier molecular flexibility index (Phi) is 5.53. The number of hydrogen-bond acceptors (Lipinski definition) is 4. The van der Waals surface area contributed by atoms with E-state index < -0.39 is 0 Å². The van der Waals surface area contributed by atoms with Gasteiger partial charge < -0.3 is 5.11 Å². The molecule has 0 aliphatic heterocycles. The second kappa shape index (κ2) is 6.91. The van der Waals surface area contributed by atoms with Gasteiger partial charge in [0.1, 0.15) is 5.75 Å². The number of hydrogen-bond donors (Lipinski definition) is 1. The molecule has 4 nitrogen and oxygen atoms in total. The van der Waals surface area contributed by atoms with E-state index in [0.717, 1.165) is 5.56 Å². The predicted octanol–water partition coefficient (Wildman–Crippen LogP) is 2.72. The van der Waals surface area contributed by atoms with Crippen LogP contribution < -0.4 is 0 Å². The van der Waals surface area contributed by atoms with Gasteiger partial charge in [0, 0.05) is 36.7 Å². The van der Waals surface area contributed by atoms with Crippen molar-refractivity contribution in [2.45, 2.75) is 39.8 Å². The van der Waals surface area contributed by atoms with Gasteiger partial charge in [-0.3, -0.25) is 9.69 Å². The van der Waals surface area contributed by atoms with E-state index in [9.17, 15) is 9.90 Å². The Labute approximate surface area is 114 Å². The molecule has 0 unspecified atom stereocenters. The maximum Gasteiger partial charge on any atom is 0.159 e. The molecule has 0 heterocycles. The van der Waals surface area contributed by atoms with Crippen LogP contribution in [0.4, 0.5) is 0 Å². The van der Waals surface area contributed by atoms with Crippen molar-refractivity contribution in [3.63, 3.8) is 0 Å². The highest BCUT2D eigenvalue weighted by atomic mass is 16.3. The number of rotatable bonds is 6. The van der Waals surface area contributed by atoms with Crippen LogP contribution in [0.1, 0.15) is 43.1 Å². The zero-order valence-corrected chi connectivity index (χ0v) is 11.7. The second-order valence-corrected chi connectivity index (χ2v) is 4.87. The average Bonchev–Trinajstić information content (AvgIpc) is 2.35. The van der Waals surface area contributed by atoms with E-state index >= 15 is 0 Å². The number of aromatic hydroxyl groups is 1. The molecule has 0 atom stereocenters. The number of carbonyl (C=O) groups is 1. The monoisotopic (exact) mass is 260 g/mol. The van der Waals surface area contributed by atoms with E-state index in [1.807, 2.05) is 13.8 Å². The van der Waals surface area contributed by atoms with Crippen LogP contribution in [0.15, 0.2) is 18.2 Å². The fourth-order valence-electron chi connectivity index (χ4n) is 1.86. The van der Waals surface area contributed by atoms with Crippen molar-refractivity contribution in [1.29, 1.82) is 5.26 Å². The van der Waals surface area contributed by atoms with Crippen LogP contribution in [0.2, 0.25) is 0 Å². The number of carbonyl (C=O) groups excluding carboxylic acids is 1. The quantitative estimate of drug-likeness (QED) is 0.799. The lowest BCUT2D eigenvalue weighted by atomic mass is 10.1. The van der Waals surface area contributed by atoms with Crippen molar-refractivity contribution >= 4 is 5.78 Å². The van der Waals surface area contributed by atoms with Crippen molar-refractivity contribution in [2.75, 3.05) is 6.54 Å². The van der Waals surface area contributed by atoms with E-state index in [0.29, 0.717) is 25.1 Å². The number of phenolic OH excluding ortho intramolecular Hbond substituents is 1. The summed E-state index contributed by atoms with van der Waals surface area (Å²) in [7, 11) is 0. The Morgan fingerprint density at radius 1 is 1.47 bits per heavy atom. The molecule has 0 aliphatic rings. The molecule has 1 rings (SSSR count). The third kappa shape index (κ3) is 4.38. The van der Waals surface area contributed by atoms with Crippen LogP contribution in [0.3, 0.4) is 0 Å². The summed E-state index contributed by atoms with van der Waals surface area (Å²) in [6.45, 7) is 6.78. The molecular formula is C15H20N2O2. The average molecular weight is 260 g/mol. The van der Waals surface area contributed by atoms with Gasteiger partial charge in [-0.1, -0.05) is 0 Å². The van der Waals surface area contributed by atoms with E-state index in [1.165, 1.54) is 6.92 Å². The second-order valence-electron chi connectivity index (χ2n) is 4.87. The highest BCUT2D eigenvalue weighted by molar-refractivity contribution is 5.94. The summed E-state index contributed by atoms with van der Waals surface area (Å²) in [4.78, 5) is 13.5. The summed E-state index contributed by atoms with van der Waals surface area (Å²) in [5.74, 6) is 0.168. The summed E-state index contributed by atoms with van der Waals surface area (Å²) in [6, 6.07) is 7.29. The van der Waals surface area contributed by atoms with Crippen molar-refractivity contribution in [2.24, 2.45) is 0 Å². The Balaban J connectivity index is 2.92. The van der Waals surface area contributed by atoms with Crippen molar-refractivity contribution in [3.8, 4) is 11.8 Å². The van der Waals surface area contributed by atoms with Crippen LogP contribution in [0, 0.1) is 11.3 Å². The van der Waals surface area contributed by atoms with Gasteiger partial charge in [0.05, 0.1) is 6.07 Å². The minimum absolute atomic E-state index is 0.0191. The summed E-state index contributed by atoms with van der Waals surface area (Å²) in [6.07, 6.45) is 0.450. The van der Waals surface area contributed by atoms with Gasteiger partial charge in [-0.2, -0.15) is 5.26 Å². The Morgan fingerprint density at radius 3 is 2.68 bits per heavy atom. The minimum Gasteiger partial charge on any atom is -0.508 e. The first kappa shape index (κ1) is 15.2. The molecule has 1 N–H and O–H groups in total. The molecule has 1 aromatic carbocycles. The number of benzene rings is 1. The van der Waals surface area contributed by atoms with Crippen LogP contribution in [0.25, 0.3) is 0 Å². The molecular weight excluding hydrogens is 240 g/mol. The van der Waals surface area contributed by atoms with Gasteiger partial charge in [-0.15, -0.1) is 0 Å². The van der Waals surface area contributed by atoms with E-state index in [-0.39, 0.29) is 17.6 Å². The SMILES string of the molecule is CC(=O)c1ccc(O)c(CN(CCC#N)C(C)C)c1. The molecule has 0 saturated carbocycles. The summed E-state index contributed by atoms with van der Waals surface area (Å²) in [5, 5.41) is 18.5. The van der Waals surface area contributed by atoms with Crippen LogP contribution >= 0.6 is 0 Å². The van der Waals surface area contributed by atoms with E-state index in [4.69, 9.17) is 5.26 Å². The van der Waals surface area contributed by atoms with Crippen molar-refractivity contribution in [1.82, 2.24) is 4.90 Å². The normalized spacial score (nSPS) is 10.7. The van der Waals surface area contributed by atoms with Gasteiger partial charge in [0.15, 0.2) is 5.78 Å². The number of ketones is 1. The molecule has 4 heteroatoms. The Morgan fingerprint density at radius 2 is 2.16 bits per heavy atom. The number of nitriles is 1. The van der Waals surface area contributed by atoms with Gasteiger partial charge in [-0.25, -0.2) is 0 Å². The molecule has 0 aliphatic carbocycles. The smallest absolute Gasteiger partial charge is 0.159 e. The highest BCUT2D eigenvalue weighted by Gasteiger charge is 2.13. The maximum absolute atomic E-state index is 11.4. The first-order chi connectivity index (χ1) is 8.95. The molecule has 0 spiro atoms. The lowest BCUT2D eigenvalue weighted by Gasteiger charge is -2.26. The number of phenols is 1. The van der Waals surface area contributed by atoms with Crippen LogP contribution in [0.5, 0.6) is 5.75 Å². The fourth-order valence-corrected chi connectivity index (χ4v) is 1.86. The fraction of sp³-hybridized carbons (Fsp3) is 0.467. The summed E-state index contributed by atoms with van der Waals surface area (Å²) in [5.41, 5.74) is 1.32. The molecule has 0 fully saturated rings. The van der Waals surface area contributed by atoms with E-state index in [2.05, 4.69) is 11.0 Å². The largest absolute Gasteiger partial charge is 0.508 e. The maximum atomic E-state index is 11.4. The summed E-state index contributed by atoms with van der Waals surface area (Å²) >= 11 is 0. The van der Waals surface area contributed by atoms with Gasteiger partial charge >= 0.3 is 0 Å². The number of Topliss-reactive ketones (excluding diaryl/α,β-unsaturated/α-hetero) is 1. The molecule has 0 saturated heterocycles. The lowest BCUT2D eigenvalue weighted by Crippen LogP contribution is -2.31. The van der Waals surface area contributed by atoms with Gasteiger partial charge in [-0.05, 0) is 39.0 Å². The first-order valence-electron chi connectivity index (χ1n) is 6.39. The highest BCUT2D eigenvalue weighted by Crippen LogP contribution is 2.21.